The summed E-state index contributed by atoms with van der Waals surface area (Å²) < 4.78 is 33.9. The van der Waals surface area contributed by atoms with Gasteiger partial charge in [-0.1, -0.05) is 22.0 Å². The molecule has 0 amide bonds. The van der Waals surface area contributed by atoms with Crippen molar-refractivity contribution in [1.82, 2.24) is 0 Å². The molecule has 0 aliphatic heterocycles. The molecule has 0 bridgehead atoms. The minimum atomic E-state index is -2.83. The summed E-state index contributed by atoms with van der Waals surface area (Å²) in [6, 6.07) is 5.24. The monoisotopic (exact) mass is 306 g/mol. The van der Waals surface area contributed by atoms with Gasteiger partial charge in [0.2, 0.25) is 0 Å². The molecule has 1 saturated carbocycles. The Bertz CT molecular complexity index is 398. The summed E-state index contributed by atoms with van der Waals surface area (Å²) in [5.41, 5.74) is 1.03. The predicted molar refractivity (Wildman–Crippen MR) is 64.3 cm³/mol. The Morgan fingerprint density at radius 2 is 2.18 bits per heavy atom. The zero-order chi connectivity index (χ0) is 12.4. The van der Waals surface area contributed by atoms with Crippen molar-refractivity contribution in [2.45, 2.75) is 19.0 Å². The van der Waals surface area contributed by atoms with E-state index in [2.05, 4.69) is 20.7 Å². The van der Waals surface area contributed by atoms with Crippen LogP contribution in [0.25, 0.3) is 0 Å². The van der Waals surface area contributed by atoms with Crippen LogP contribution in [0, 0.1) is 5.92 Å². The van der Waals surface area contributed by atoms with E-state index in [1.165, 1.54) is 7.11 Å². The van der Waals surface area contributed by atoms with Crippen LogP contribution in [0.2, 0.25) is 0 Å². The van der Waals surface area contributed by atoms with Gasteiger partial charge in [-0.05, 0) is 36.0 Å². The van der Waals surface area contributed by atoms with Crippen molar-refractivity contribution in [3.63, 3.8) is 0 Å². The van der Waals surface area contributed by atoms with Gasteiger partial charge in [0.25, 0.3) is 0 Å². The van der Waals surface area contributed by atoms with Crippen molar-refractivity contribution in [1.29, 1.82) is 0 Å². The highest BCUT2D eigenvalue weighted by Gasteiger charge is 2.37. The van der Waals surface area contributed by atoms with Crippen LogP contribution in [-0.2, 0) is 0 Å². The molecule has 1 aliphatic rings. The van der Waals surface area contributed by atoms with Crippen LogP contribution in [0.15, 0.2) is 18.2 Å². The molecule has 5 heteroatoms. The van der Waals surface area contributed by atoms with Gasteiger partial charge >= 0.3 is 6.61 Å². The molecule has 0 saturated heterocycles. The highest BCUT2D eigenvalue weighted by atomic mass is 79.9. The van der Waals surface area contributed by atoms with Crippen LogP contribution < -0.4 is 9.47 Å². The number of rotatable bonds is 5. The van der Waals surface area contributed by atoms with Gasteiger partial charge in [0.1, 0.15) is 0 Å². The lowest BCUT2D eigenvalue weighted by Crippen LogP contribution is -2.04. The summed E-state index contributed by atoms with van der Waals surface area (Å²) >= 11 is 3.42. The fourth-order valence-electron chi connectivity index (χ4n) is 1.94. The fraction of sp³-hybridized carbons (Fsp3) is 0.500. The fourth-order valence-corrected chi connectivity index (χ4v) is 2.65. The third-order valence-corrected chi connectivity index (χ3v) is 3.78. The van der Waals surface area contributed by atoms with Gasteiger partial charge in [-0.15, -0.1) is 0 Å². The molecular formula is C12H13BrF2O2. The Morgan fingerprint density at radius 3 is 2.71 bits per heavy atom. The van der Waals surface area contributed by atoms with Gasteiger partial charge in [-0.2, -0.15) is 8.78 Å². The number of benzene rings is 1. The standard InChI is InChI=1S/C12H13BrF2O2/c1-16-10-3-2-7(9-4-8(9)6-13)5-11(10)17-12(14)15/h2-3,5,8-9,12H,4,6H2,1H3. The van der Waals surface area contributed by atoms with Crippen LogP contribution >= 0.6 is 15.9 Å². The van der Waals surface area contributed by atoms with E-state index in [1.807, 2.05) is 6.07 Å². The smallest absolute Gasteiger partial charge is 0.387 e. The van der Waals surface area contributed by atoms with Crippen molar-refractivity contribution in [3.05, 3.63) is 23.8 Å². The number of halogens is 3. The van der Waals surface area contributed by atoms with E-state index in [9.17, 15) is 8.78 Å². The first-order chi connectivity index (χ1) is 8.15. The third-order valence-electron chi connectivity index (χ3n) is 2.95. The minimum Gasteiger partial charge on any atom is -0.493 e. The van der Waals surface area contributed by atoms with E-state index in [1.54, 1.807) is 12.1 Å². The second kappa shape index (κ2) is 5.21. The van der Waals surface area contributed by atoms with Crippen molar-refractivity contribution in [2.75, 3.05) is 12.4 Å². The number of hydrogen-bond donors (Lipinski definition) is 0. The zero-order valence-corrected chi connectivity index (χ0v) is 10.9. The minimum absolute atomic E-state index is 0.111. The molecule has 94 valence electrons. The Kier molecular flexibility index (Phi) is 3.86. The summed E-state index contributed by atoms with van der Waals surface area (Å²) in [6.45, 7) is -2.83. The quantitative estimate of drug-likeness (QED) is 0.771. The van der Waals surface area contributed by atoms with E-state index in [0.29, 0.717) is 17.6 Å². The van der Waals surface area contributed by atoms with Gasteiger partial charge in [0, 0.05) is 5.33 Å². The Morgan fingerprint density at radius 1 is 1.41 bits per heavy atom. The Balaban J connectivity index is 2.19. The number of hydrogen-bond acceptors (Lipinski definition) is 2. The first-order valence-corrected chi connectivity index (χ1v) is 6.46. The van der Waals surface area contributed by atoms with Gasteiger partial charge in [-0.3, -0.25) is 0 Å². The van der Waals surface area contributed by atoms with Gasteiger partial charge < -0.3 is 9.47 Å². The maximum atomic E-state index is 12.2. The molecule has 0 N–H and O–H groups in total. The molecular weight excluding hydrogens is 294 g/mol. The second-order valence-electron chi connectivity index (χ2n) is 4.05. The number of methoxy groups -OCH3 is 1. The molecule has 1 fully saturated rings. The van der Waals surface area contributed by atoms with Crippen LogP contribution in [0.5, 0.6) is 11.5 Å². The lowest BCUT2D eigenvalue weighted by molar-refractivity contribution is -0.0512. The molecule has 17 heavy (non-hydrogen) atoms. The highest BCUT2D eigenvalue weighted by Crippen LogP contribution is 2.49. The molecule has 2 rings (SSSR count). The molecule has 0 spiro atoms. The molecule has 2 nitrogen and oxygen atoms in total. The van der Waals surface area contributed by atoms with E-state index >= 15 is 0 Å². The van der Waals surface area contributed by atoms with Crippen LogP contribution in [0.3, 0.4) is 0 Å². The lowest BCUT2D eigenvalue weighted by Gasteiger charge is -2.11. The van der Waals surface area contributed by atoms with Gasteiger partial charge in [-0.25, -0.2) is 0 Å². The lowest BCUT2D eigenvalue weighted by atomic mass is 10.1. The SMILES string of the molecule is COc1ccc(C2CC2CBr)cc1OC(F)F. The summed E-state index contributed by atoms with van der Waals surface area (Å²) in [6.07, 6.45) is 1.09. The van der Waals surface area contributed by atoms with E-state index in [-0.39, 0.29) is 5.75 Å². The van der Waals surface area contributed by atoms with Crippen molar-refractivity contribution in [2.24, 2.45) is 5.92 Å². The van der Waals surface area contributed by atoms with Crippen molar-refractivity contribution >= 4 is 15.9 Å². The summed E-state index contributed by atoms with van der Waals surface area (Å²) in [5.74, 6) is 1.49. The zero-order valence-electron chi connectivity index (χ0n) is 9.33. The number of ether oxygens (including phenoxy) is 2. The molecule has 1 aromatic carbocycles. The molecule has 0 aromatic heterocycles. The van der Waals surface area contributed by atoms with Crippen LogP contribution in [0.4, 0.5) is 8.78 Å². The van der Waals surface area contributed by atoms with Gasteiger partial charge in [0.05, 0.1) is 7.11 Å². The summed E-state index contributed by atoms with van der Waals surface area (Å²) in [4.78, 5) is 0. The molecule has 0 heterocycles. The first kappa shape index (κ1) is 12.6. The van der Waals surface area contributed by atoms with Crippen LogP contribution in [0.1, 0.15) is 17.9 Å². The summed E-state index contributed by atoms with van der Waals surface area (Å²) in [5, 5.41) is 0.939. The Labute approximate surface area is 107 Å². The maximum absolute atomic E-state index is 12.2. The third kappa shape index (κ3) is 2.89. The van der Waals surface area contributed by atoms with E-state index < -0.39 is 6.61 Å². The molecule has 2 unspecified atom stereocenters. The largest absolute Gasteiger partial charge is 0.493 e. The highest BCUT2D eigenvalue weighted by molar-refractivity contribution is 9.09. The normalized spacial score (nSPS) is 22.6. The topological polar surface area (TPSA) is 18.5 Å². The molecule has 2 atom stereocenters. The maximum Gasteiger partial charge on any atom is 0.387 e. The Hall–Kier alpha value is -0.840. The van der Waals surface area contributed by atoms with Crippen molar-refractivity contribution < 1.29 is 18.3 Å². The summed E-state index contributed by atoms with van der Waals surface area (Å²) in [7, 11) is 1.44. The first-order valence-electron chi connectivity index (χ1n) is 5.34. The van der Waals surface area contributed by atoms with Crippen LogP contribution in [-0.4, -0.2) is 19.1 Å². The van der Waals surface area contributed by atoms with Crippen molar-refractivity contribution in [3.8, 4) is 11.5 Å². The van der Waals surface area contributed by atoms with E-state index in [0.717, 1.165) is 17.3 Å². The predicted octanol–water partition coefficient (Wildman–Crippen LogP) is 3.80. The molecule has 0 radical (unpaired) electrons. The molecule has 1 aliphatic carbocycles. The average molecular weight is 307 g/mol. The second-order valence-corrected chi connectivity index (χ2v) is 4.69. The molecule has 1 aromatic rings. The van der Waals surface area contributed by atoms with Gasteiger partial charge in [0.15, 0.2) is 11.5 Å². The average Bonchev–Trinajstić information content (AvgIpc) is 3.07. The number of alkyl halides is 3. The van der Waals surface area contributed by atoms with E-state index in [4.69, 9.17) is 4.74 Å².